The Kier molecular flexibility index (Phi) is 5.85. The second kappa shape index (κ2) is 7.41. The molecule has 0 amide bonds. The number of thiazole rings is 1. The predicted octanol–water partition coefficient (Wildman–Crippen LogP) is 5.12. The summed E-state index contributed by atoms with van der Waals surface area (Å²) in [6.07, 6.45) is 1.01. The van der Waals surface area contributed by atoms with Crippen molar-refractivity contribution in [3.63, 3.8) is 0 Å². The smallest absolute Gasteiger partial charge is 0.110 e. The van der Waals surface area contributed by atoms with Crippen LogP contribution in [-0.2, 0) is 12.4 Å². The third-order valence-corrected chi connectivity index (χ3v) is 4.93. The summed E-state index contributed by atoms with van der Waals surface area (Å²) in [6, 6.07) is 8.27. The summed E-state index contributed by atoms with van der Waals surface area (Å²) in [5.41, 5.74) is 2.10. The fraction of sp³-hybridized carbons (Fsp3) is 0.400. The van der Waals surface area contributed by atoms with Gasteiger partial charge in [-0.15, -0.1) is 22.9 Å². The Balaban J connectivity index is 2.13. The van der Waals surface area contributed by atoms with Crippen molar-refractivity contribution in [3.8, 4) is 0 Å². The average Bonchev–Trinajstić information content (AvgIpc) is 2.91. The third kappa shape index (κ3) is 3.73. The SMILES string of the molecule is CCC(c1nc(CCl)cs1)N(C)Cc1ccccc1Cl. The number of alkyl halides is 1. The molecule has 0 saturated carbocycles. The molecule has 1 heterocycles. The normalized spacial score (nSPS) is 12.8. The van der Waals surface area contributed by atoms with Gasteiger partial charge in [-0.05, 0) is 25.1 Å². The first-order valence-electron chi connectivity index (χ1n) is 6.59. The third-order valence-electron chi connectivity index (χ3n) is 3.29. The lowest BCUT2D eigenvalue weighted by atomic mass is 10.1. The minimum absolute atomic E-state index is 0.299. The molecular weight excluding hydrogens is 311 g/mol. The number of halogens is 2. The molecule has 0 fully saturated rings. The second-order valence-corrected chi connectivity index (χ2v) is 6.31. The topological polar surface area (TPSA) is 16.1 Å². The molecular formula is C15H18Cl2N2S. The van der Waals surface area contributed by atoms with E-state index in [1.165, 1.54) is 0 Å². The van der Waals surface area contributed by atoms with E-state index < -0.39 is 0 Å². The van der Waals surface area contributed by atoms with Gasteiger partial charge in [0.05, 0.1) is 17.6 Å². The van der Waals surface area contributed by atoms with Crippen LogP contribution in [0.2, 0.25) is 5.02 Å². The molecule has 20 heavy (non-hydrogen) atoms. The number of aromatic nitrogens is 1. The molecule has 0 N–H and O–H groups in total. The molecule has 2 rings (SSSR count). The molecule has 0 spiro atoms. The molecule has 1 aromatic carbocycles. The van der Waals surface area contributed by atoms with E-state index in [9.17, 15) is 0 Å². The molecule has 0 radical (unpaired) electrons. The predicted molar refractivity (Wildman–Crippen MR) is 87.6 cm³/mol. The lowest BCUT2D eigenvalue weighted by Gasteiger charge is -2.25. The highest BCUT2D eigenvalue weighted by Crippen LogP contribution is 2.29. The van der Waals surface area contributed by atoms with Crippen molar-refractivity contribution < 1.29 is 0 Å². The molecule has 1 atom stereocenters. The maximum atomic E-state index is 6.23. The van der Waals surface area contributed by atoms with Gasteiger partial charge in [0, 0.05) is 16.9 Å². The molecule has 2 nitrogen and oxygen atoms in total. The zero-order chi connectivity index (χ0) is 14.5. The van der Waals surface area contributed by atoms with Crippen molar-refractivity contribution >= 4 is 34.5 Å². The number of nitrogens with zero attached hydrogens (tertiary/aromatic N) is 2. The summed E-state index contributed by atoms with van der Waals surface area (Å²) < 4.78 is 0. The molecule has 1 aromatic heterocycles. The molecule has 0 saturated heterocycles. The summed E-state index contributed by atoms with van der Waals surface area (Å²) in [5, 5.41) is 3.97. The van der Waals surface area contributed by atoms with Crippen LogP contribution in [-0.4, -0.2) is 16.9 Å². The second-order valence-electron chi connectivity index (χ2n) is 4.74. The van der Waals surface area contributed by atoms with Crippen LogP contribution in [0.3, 0.4) is 0 Å². The summed E-state index contributed by atoms with van der Waals surface area (Å²) >= 11 is 13.7. The highest BCUT2D eigenvalue weighted by atomic mass is 35.5. The Labute approximate surface area is 134 Å². The van der Waals surface area contributed by atoms with Gasteiger partial charge in [0.25, 0.3) is 0 Å². The molecule has 5 heteroatoms. The zero-order valence-electron chi connectivity index (χ0n) is 11.6. The van der Waals surface area contributed by atoms with Gasteiger partial charge in [0.1, 0.15) is 5.01 Å². The van der Waals surface area contributed by atoms with E-state index >= 15 is 0 Å². The molecule has 2 aromatic rings. The van der Waals surface area contributed by atoms with Crippen molar-refractivity contribution in [2.24, 2.45) is 0 Å². The van der Waals surface area contributed by atoms with Gasteiger partial charge in [0.2, 0.25) is 0 Å². The highest BCUT2D eigenvalue weighted by Gasteiger charge is 2.19. The van der Waals surface area contributed by atoms with E-state index in [1.807, 2.05) is 23.6 Å². The first kappa shape index (κ1) is 15.8. The van der Waals surface area contributed by atoms with Crippen LogP contribution in [0.25, 0.3) is 0 Å². The lowest BCUT2D eigenvalue weighted by Crippen LogP contribution is -2.23. The summed E-state index contributed by atoms with van der Waals surface area (Å²) in [5.74, 6) is 0.473. The first-order chi connectivity index (χ1) is 9.65. The Morgan fingerprint density at radius 1 is 1.35 bits per heavy atom. The van der Waals surface area contributed by atoms with E-state index in [0.29, 0.717) is 11.9 Å². The van der Waals surface area contributed by atoms with Gasteiger partial charge in [-0.25, -0.2) is 4.98 Å². The van der Waals surface area contributed by atoms with Crippen LogP contribution < -0.4 is 0 Å². The maximum absolute atomic E-state index is 6.23. The molecule has 0 aliphatic heterocycles. The molecule has 108 valence electrons. The van der Waals surface area contributed by atoms with E-state index in [0.717, 1.165) is 34.3 Å². The van der Waals surface area contributed by atoms with E-state index in [2.05, 4.69) is 29.9 Å². The van der Waals surface area contributed by atoms with Gasteiger partial charge in [-0.3, -0.25) is 4.90 Å². The quantitative estimate of drug-likeness (QED) is 0.684. The van der Waals surface area contributed by atoms with E-state index in [4.69, 9.17) is 23.2 Å². The van der Waals surface area contributed by atoms with Gasteiger partial charge in [-0.1, -0.05) is 36.7 Å². The summed E-state index contributed by atoms with van der Waals surface area (Å²) in [4.78, 5) is 6.89. The minimum atomic E-state index is 0.299. The Morgan fingerprint density at radius 2 is 2.10 bits per heavy atom. The molecule has 0 aliphatic carbocycles. The molecule has 0 bridgehead atoms. The van der Waals surface area contributed by atoms with Gasteiger partial charge >= 0.3 is 0 Å². The molecule has 1 unspecified atom stereocenters. The number of hydrogen-bond donors (Lipinski definition) is 0. The van der Waals surface area contributed by atoms with E-state index in [-0.39, 0.29) is 0 Å². The van der Waals surface area contributed by atoms with Gasteiger partial charge in [-0.2, -0.15) is 0 Å². The van der Waals surface area contributed by atoms with Crippen molar-refractivity contribution in [2.75, 3.05) is 7.05 Å². The Morgan fingerprint density at radius 3 is 2.70 bits per heavy atom. The number of benzene rings is 1. The van der Waals surface area contributed by atoms with Gasteiger partial charge in [0.15, 0.2) is 0 Å². The van der Waals surface area contributed by atoms with Crippen LogP contribution in [0, 0.1) is 0 Å². The summed E-state index contributed by atoms with van der Waals surface area (Å²) in [6.45, 7) is 2.99. The zero-order valence-corrected chi connectivity index (χ0v) is 14.0. The van der Waals surface area contributed by atoms with Crippen LogP contribution in [0.4, 0.5) is 0 Å². The van der Waals surface area contributed by atoms with Gasteiger partial charge < -0.3 is 0 Å². The monoisotopic (exact) mass is 328 g/mol. The minimum Gasteiger partial charge on any atom is -0.293 e. The van der Waals surface area contributed by atoms with Crippen LogP contribution in [0.15, 0.2) is 29.6 Å². The number of rotatable bonds is 6. The largest absolute Gasteiger partial charge is 0.293 e. The standard InChI is InChI=1S/C15H18Cl2N2S/c1-3-14(15-18-12(8-16)10-20-15)19(2)9-11-6-4-5-7-13(11)17/h4-7,10,14H,3,8-9H2,1-2H3. The van der Waals surface area contributed by atoms with Crippen LogP contribution in [0.5, 0.6) is 0 Å². The van der Waals surface area contributed by atoms with Crippen molar-refractivity contribution in [1.29, 1.82) is 0 Å². The first-order valence-corrected chi connectivity index (χ1v) is 8.38. The lowest BCUT2D eigenvalue weighted by molar-refractivity contribution is 0.230. The van der Waals surface area contributed by atoms with E-state index in [1.54, 1.807) is 11.3 Å². The van der Waals surface area contributed by atoms with Crippen molar-refractivity contribution in [2.45, 2.75) is 31.8 Å². The summed E-state index contributed by atoms with van der Waals surface area (Å²) in [7, 11) is 2.11. The Hall–Kier alpha value is -0.610. The highest BCUT2D eigenvalue weighted by molar-refractivity contribution is 7.09. The maximum Gasteiger partial charge on any atom is 0.110 e. The van der Waals surface area contributed by atoms with Crippen LogP contribution >= 0.6 is 34.5 Å². The fourth-order valence-corrected chi connectivity index (χ4v) is 3.71. The fourth-order valence-electron chi connectivity index (χ4n) is 2.22. The number of hydrogen-bond acceptors (Lipinski definition) is 3. The average molecular weight is 329 g/mol. The molecule has 0 aliphatic rings. The van der Waals surface area contributed by atoms with Crippen molar-refractivity contribution in [1.82, 2.24) is 9.88 Å². The van der Waals surface area contributed by atoms with Crippen molar-refractivity contribution in [3.05, 3.63) is 50.9 Å². The Bertz CT molecular complexity index is 556. The van der Waals surface area contributed by atoms with Crippen LogP contribution in [0.1, 0.15) is 35.7 Å².